The zero-order valence-corrected chi connectivity index (χ0v) is 14.6. The number of aromatic nitrogens is 1. The number of nitrogens with one attached hydrogen (secondary N) is 2. The third kappa shape index (κ3) is 4.89. The van der Waals surface area contributed by atoms with Crippen molar-refractivity contribution in [3.05, 3.63) is 44.9 Å². The average Bonchev–Trinajstić information content (AvgIpc) is 2.85. The number of benzene rings is 1. The van der Waals surface area contributed by atoms with Crippen molar-refractivity contribution in [2.75, 3.05) is 11.9 Å². The summed E-state index contributed by atoms with van der Waals surface area (Å²) >= 11 is 1.51. The molecule has 2 amide bonds. The van der Waals surface area contributed by atoms with Gasteiger partial charge in [0.2, 0.25) is 11.8 Å². The SMILES string of the molecule is Cc1cc(C)c(NC(=O)CNC(=O)Cc2csc(C)n2)c(C)c1. The van der Waals surface area contributed by atoms with Gasteiger partial charge in [-0.15, -0.1) is 11.3 Å². The van der Waals surface area contributed by atoms with E-state index in [0.717, 1.165) is 33.1 Å². The molecule has 6 heteroatoms. The third-order valence-electron chi connectivity index (χ3n) is 3.40. The van der Waals surface area contributed by atoms with Gasteiger partial charge in [0.15, 0.2) is 0 Å². The molecule has 1 aromatic heterocycles. The van der Waals surface area contributed by atoms with Crippen LogP contribution in [0.1, 0.15) is 27.4 Å². The number of thiazole rings is 1. The van der Waals surface area contributed by atoms with Crippen LogP contribution >= 0.6 is 11.3 Å². The maximum Gasteiger partial charge on any atom is 0.243 e. The van der Waals surface area contributed by atoms with Gasteiger partial charge in [-0.25, -0.2) is 4.98 Å². The molecule has 2 aromatic rings. The Kier molecular flexibility index (Phi) is 5.50. The minimum absolute atomic E-state index is 0.0469. The lowest BCUT2D eigenvalue weighted by atomic mass is 10.1. The van der Waals surface area contributed by atoms with Gasteiger partial charge in [-0.3, -0.25) is 9.59 Å². The van der Waals surface area contributed by atoms with Crippen LogP contribution in [0.25, 0.3) is 0 Å². The summed E-state index contributed by atoms with van der Waals surface area (Å²) in [4.78, 5) is 28.1. The number of carbonyl (C=O) groups is 2. The molecule has 0 saturated carbocycles. The molecule has 1 aromatic carbocycles. The quantitative estimate of drug-likeness (QED) is 0.885. The fourth-order valence-electron chi connectivity index (χ4n) is 2.46. The highest BCUT2D eigenvalue weighted by Crippen LogP contribution is 2.21. The van der Waals surface area contributed by atoms with Crippen LogP contribution in [-0.4, -0.2) is 23.3 Å². The topological polar surface area (TPSA) is 71.1 Å². The molecule has 122 valence electrons. The lowest BCUT2D eigenvalue weighted by Gasteiger charge is -2.13. The summed E-state index contributed by atoms with van der Waals surface area (Å²) in [6, 6.07) is 4.04. The van der Waals surface area contributed by atoms with Crippen LogP contribution in [0.3, 0.4) is 0 Å². The van der Waals surface area contributed by atoms with Gasteiger partial charge in [-0.05, 0) is 38.8 Å². The van der Waals surface area contributed by atoms with Crippen LogP contribution in [0.2, 0.25) is 0 Å². The lowest BCUT2D eigenvalue weighted by molar-refractivity contribution is -0.123. The molecule has 0 aliphatic heterocycles. The molecular formula is C17H21N3O2S. The van der Waals surface area contributed by atoms with Crippen LogP contribution in [0.4, 0.5) is 5.69 Å². The van der Waals surface area contributed by atoms with Gasteiger partial charge in [-0.1, -0.05) is 17.7 Å². The molecule has 1 heterocycles. The predicted octanol–water partition coefficient (Wildman–Crippen LogP) is 2.67. The van der Waals surface area contributed by atoms with Crippen molar-refractivity contribution in [2.24, 2.45) is 0 Å². The molecule has 0 radical (unpaired) electrons. The first-order chi connectivity index (χ1) is 10.8. The number of amides is 2. The van der Waals surface area contributed by atoms with E-state index in [1.54, 1.807) is 0 Å². The van der Waals surface area contributed by atoms with Gasteiger partial charge in [0.1, 0.15) is 0 Å². The molecule has 0 saturated heterocycles. The number of carbonyl (C=O) groups excluding carboxylic acids is 2. The minimum Gasteiger partial charge on any atom is -0.347 e. The number of hydrogen-bond acceptors (Lipinski definition) is 4. The second kappa shape index (κ2) is 7.37. The minimum atomic E-state index is -0.233. The first kappa shape index (κ1) is 17.1. The van der Waals surface area contributed by atoms with Gasteiger partial charge in [0, 0.05) is 11.1 Å². The number of rotatable bonds is 5. The molecule has 0 atom stereocenters. The summed E-state index contributed by atoms with van der Waals surface area (Å²) in [5.41, 5.74) is 4.73. The first-order valence-electron chi connectivity index (χ1n) is 7.40. The van der Waals surface area contributed by atoms with Crippen molar-refractivity contribution in [3.63, 3.8) is 0 Å². The maximum absolute atomic E-state index is 12.0. The zero-order valence-electron chi connectivity index (χ0n) is 13.8. The van der Waals surface area contributed by atoms with Crippen molar-refractivity contribution in [3.8, 4) is 0 Å². The zero-order chi connectivity index (χ0) is 17.0. The molecule has 0 aliphatic carbocycles. The molecule has 5 nitrogen and oxygen atoms in total. The van der Waals surface area contributed by atoms with Crippen molar-refractivity contribution in [1.82, 2.24) is 10.3 Å². The summed E-state index contributed by atoms with van der Waals surface area (Å²) in [6.07, 6.45) is 0.195. The third-order valence-corrected chi connectivity index (χ3v) is 4.22. The van der Waals surface area contributed by atoms with Crippen LogP contribution in [0.5, 0.6) is 0 Å². The molecule has 23 heavy (non-hydrogen) atoms. The van der Waals surface area contributed by atoms with Crippen LogP contribution < -0.4 is 10.6 Å². The monoisotopic (exact) mass is 331 g/mol. The number of nitrogens with zero attached hydrogens (tertiary/aromatic N) is 1. The molecule has 0 spiro atoms. The first-order valence-corrected chi connectivity index (χ1v) is 8.28. The highest BCUT2D eigenvalue weighted by Gasteiger charge is 2.11. The van der Waals surface area contributed by atoms with Gasteiger partial charge >= 0.3 is 0 Å². The standard InChI is InChI=1S/C17H21N3O2S/c1-10-5-11(2)17(12(3)6-10)20-16(22)8-18-15(21)7-14-9-23-13(4)19-14/h5-6,9H,7-8H2,1-4H3,(H,18,21)(H,20,22). The van der Waals surface area contributed by atoms with Gasteiger partial charge < -0.3 is 10.6 Å². The summed E-state index contributed by atoms with van der Waals surface area (Å²) in [7, 11) is 0. The largest absolute Gasteiger partial charge is 0.347 e. The number of aryl methyl sites for hydroxylation is 4. The predicted molar refractivity (Wildman–Crippen MR) is 92.8 cm³/mol. The summed E-state index contributed by atoms with van der Waals surface area (Å²) < 4.78 is 0. The van der Waals surface area contributed by atoms with E-state index in [4.69, 9.17) is 0 Å². The van der Waals surface area contributed by atoms with E-state index in [0.29, 0.717) is 0 Å². The van der Waals surface area contributed by atoms with Crippen LogP contribution in [-0.2, 0) is 16.0 Å². The number of anilines is 1. The molecule has 2 N–H and O–H groups in total. The molecule has 0 aliphatic rings. The second-order valence-electron chi connectivity index (χ2n) is 5.63. The fourth-order valence-corrected chi connectivity index (χ4v) is 3.07. The smallest absolute Gasteiger partial charge is 0.243 e. The fraction of sp³-hybridized carbons (Fsp3) is 0.353. The Morgan fingerprint density at radius 1 is 1.09 bits per heavy atom. The normalized spacial score (nSPS) is 10.4. The highest BCUT2D eigenvalue weighted by atomic mass is 32.1. The van der Waals surface area contributed by atoms with E-state index in [9.17, 15) is 9.59 Å². The molecule has 2 rings (SSSR count). The Morgan fingerprint density at radius 3 is 2.30 bits per heavy atom. The Hall–Kier alpha value is -2.21. The Balaban J connectivity index is 1.87. The Bertz CT molecular complexity index is 714. The van der Waals surface area contributed by atoms with Crippen molar-refractivity contribution in [2.45, 2.75) is 34.1 Å². The van der Waals surface area contributed by atoms with Crippen molar-refractivity contribution in [1.29, 1.82) is 0 Å². The van der Waals surface area contributed by atoms with E-state index in [2.05, 4.69) is 15.6 Å². The van der Waals surface area contributed by atoms with E-state index < -0.39 is 0 Å². The molecular weight excluding hydrogens is 310 g/mol. The molecule has 0 fully saturated rings. The number of hydrogen-bond donors (Lipinski definition) is 2. The van der Waals surface area contributed by atoms with Gasteiger partial charge in [0.25, 0.3) is 0 Å². The summed E-state index contributed by atoms with van der Waals surface area (Å²) in [5.74, 6) is -0.439. The van der Waals surface area contributed by atoms with E-state index in [1.807, 2.05) is 45.2 Å². The van der Waals surface area contributed by atoms with E-state index in [-0.39, 0.29) is 24.8 Å². The molecule has 0 unspecified atom stereocenters. The molecule has 0 bridgehead atoms. The lowest BCUT2D eigenvalue weighted by Crippen LogP contribution is -2.34. The van der Waals surface area contributed by atoms with Crippen molar-refractivity contribution < 1.29 is 9.59 Å². The maximum atomic E-state index is 12.0. The van der Waals surface area contributed by atoms with Gasteiger partial charge in [-0.2, -0.15) is 0 Å². The Labute approximate surface area is 140 Å². The summed E-state index contributed by atoms with van der Waals surface area (Å²) in [5, 5.41) is 8.27. The van der Waals surface area contributed by atoms with Gasteiger partial charge in [0.05, 0.1) is 23.7 Å². The van der Waals surface area contributed by atoms with Crippen LogP contribution in [0.15, 0.2) is 17.5 Å². The van der Waals surface area contributed by atoms with Crippen molar-refractivity contribution >= 4 is 28.8 Å². The van der Waals surface area contributed by atoms with E-state index in [1.165, 1.54) is 11.3 Å². The van der Waals surface area contributed by atoms with E-state index >= 15 is 0 Å². The second-order valence-corrected chi connectivity index (χ2v) is 6.70. The average molecular weight is 331 g/mol. The van der Waals surface area contributed by atoms with Crippen LogP contribution in [0, 0.1) is 27.7 Å². The highest BCUT2D eigenvalue weighted by molar-refractivity contribution is 7.09. The Morgan fingerprint density at radius 2 is 1.74 bits per heavy atom. The summed E-state index contributed by atoms with van der Waals surface area (Å²) in [6.45, 7) is 7.78.